The fraction of sp³-hybridized carbons (Fsp3) is 0. The first kappa shape index (κ1) is 52.3. The minimum absolute atomic E-state index is 0. The fourth-order valence-corrected chi connectivity index (χ4v) is 4.39. The zero-order valence-corrected chi connectivity index (χ0v) is 38.9. The minimum atomic E-state index is 0. The Labute approximate surface area is 389 Å². The van der Waals surface area contributed by atoms with Crippen LogP contribution in [-0.2, 0) is 109 Å². The number of rotatable bonds is 0. The van der Waals surface area contributed by atoms with Crippen molar-refractivity contribution in [1.82, 2.24) is 0 Å². The van der Waals surface area contributed by atoms with Crippen LogP contribution in [0.15, 0.2) is 204 Å². The Kier molecular flexibility index (Phi) is 28.0. The summed E-state index contributed by atoms with van der Waals surface area (Å²) in [4.78, 5) is 5.10. The molecule has 0 saturated heterocycles. The van der Waals surface area contributed by atoms with Gasteiger partial charge in [-0.2, -0.15) is 34.3 Å². The van der Waals surface area contributed by atoms with Gasteiger partial charge in [0.2, 0.25) is 0 Å². The summed E-state index contributed by atoms with van der Waals surface area (Å²) < 4.78 is 0. The van der Waals surface area contributed by atoms with Crippen molar-refractivity contribution in [1.29, 1.82) is 0 Å². The van der Waals surface area contributed by atoms with Crippen LogP contribution in [0.25, 0.3) is 0 Å². The summed E-state index contributed by atoms with van der Waals surface area (Å²) in [5.41, 5.74) is 42.7. The number of hydrogen-bond donors (Lipinski definition) is 7. The summed E-state index contributed by atoms with van der Waals surface area (Å²) in [7, 11) is 0. The average Bonchev–Trinajstić information content (AvgIpc) is 3.18. The van der Waals surface area contributed by atoms with Crippen molar-refractivity contribution in [2.45, 2.75) is 34.3 Å². The van der Waals surface area contributed by atoms with Gasteiger partial charge in [0.25, 0.3) is 0 Å². The summed E-state index contributed by atoms with van der Waals surface area (Å²) in [5, 5.41) is 0. The molecule has 7 aromatic rings. The van der Waals surface area contributed by atoms with Gasteiger partial charge in [0.1, 0.15) is 0 Å². The van der Waals surface area contributed by atoms with Crippen molar-refractivity contribution in [3.8, 4) is 0 Å². The van der Waals surface area contributed by atoms with E-state index in [4.69, 9.17) is 129 Å². The number of anilines is 7. The van der Waals surface area contributed by atoms with Crippen LogP contribution in [0.4, 0.5) is 39.8 Å². The van der Waals surface area contributed by atoms with E-state index in [-0.39, 0.29) is 20.4 Å². The van der Waals surface area contributed by atoms with Crippen LogP contribution in [0.1, 0.15) is 0 Å². The Balaban J connectivity index is 0.000000640. The Bertz CT molecular complexity index is 1590. The third kappa shape index (κ3) is 23.9. The van der Waals surface area contributed by atoms with Gasteiger partial charge in [0.15, 0.2) is 0 Å². The zero-order valence-electron chi connectivity index (χ0n) is 30.4. The molecule has 0 radical (unpaired) electrons. The maximum Gasteiger partial charge on any atom is 7.00 e. The molecular formula is C42H42N7ReS7. The molecule has 0 bridgehead atoms. The Morgan fingerprint density at radius 2 is 0.281 bits per heavy atom. The van der Waals surface area contributed by atoms with Crippen LogP contribution in [0, 0.1) is 0 Å². The predicted octanol–water partition coefficient (Wildman–Crippen LogP) is 8.22. The first-order chi connectivity index (χ1) is 26.6. The zero-order chi connectivity index (χ0) is 41.9. The Morgan fingerprint density at radius 3 is 0.333 bits per heavy atom. The molecule has 57 heavy (non-hydrogen) atoms. The normalized spacial score (nSPS) is 8.84. The fourth-order valence-electron chi connectivity index (χ4n) is 3.36. The van der Waals surface area contributed by atoms with Gasteiger partial charge in [-0.05, 0) is 42.5 Å². The SMILES string of the molecule is Nc1ccccc1[S-].Nc1ccccc1[S-].Nc1ccccc1[S-].Nc1ccccc1[S-].Nc1ccccc1[S-].Nc1ccccc1[S-].Nc1ccccc1[S-].[Re+7]. The predicted molar refractivity (Wildman–Crippen MR) is 255 cm³/mol. The van der Waals surface area contributed by atoms with Crippen LogP contribution in [0.2, 0.25) is 0 Å². The molecule has 7 aromatic carbocycles. The second kappa shape index (κ2) is 30.5. The van der Waals surface area contributed by atoms with E-state index in [1.54, 1.807) is 42.5 Å². The molecule has 14 N–H and O–H groups in total. The number of nitrogens with two attached hydrogens (primary N) is 7. The smallest absolute Gasteiger partial charge is 0.778 e. The molecule has 0 spiro atoms. The summed E-state index contributed by atoms with van der Waals surface area (Å²) in [5.74, 6) is 0. The maximum atomic E-state index is 5.42. The van der Waals surface area contributed by atoms with Crippen molar-refractivity contribution in [3.63, 3.8) is 0 Å². The molecule has 0 atom stereocenters. The molecule has 0 aliphatic heterocycles. The van der Waals surface area contributed by atoms with Gasteiger partial charge in [0.05, 0.1) is 0 Å². The summed E-state index contributed by atoms with van der Waals surface area (Å²) in [6, 6.07) is 51.4. The third-order valence-electron chi connectivity index (χ3n) is 6.43. The Hall–Kier alpha value is -4.66. The van der Waals surface area contributed by atoms with E-state index in [0.29, 0.717) is 39.8 Å². The first-order valence-electron chi connectivity index (χ1n) is 16.2. The third-order valence-corrected chi connectivity index (χ3v) is 9.04. The molecule has 0 amide bonds. The number of nitrogen functional groups attached to an aromatic ring is 7. The molecule has 0 fully saturated rings. The van der Waals surface area contributed by atoms with Crippen molar-refractivity contribution in [3.05, 3.63) is 170 Å². The van der Waals surface area contributed by atoms with Crippen LogP contribution < -0.4 is 40.1 Å². The largest absolute Gasteiger partial charge is 7.00 e. The van der Waals surface area contributed by atoms with Crippen molar-refractivity contribution in [2.75, 3.05) is 40.1 Å². The molecular weight excluding hydrogens is 1010 g/mol. The summed E-state index contributed by atoms with van der Waals surface area (Å²) in [6.07, 6.45) is 0. The molecule has 294 valence electrons. The van der Waals surface area contributed by atoms with Crippen LogP contribution >= 0.6 is 0 Å². The molecule has 15 heteroatoms. The maximum absolute atomic E-state index is 5.42. The monoisotopic (exact) mass is 1060 g/mol. The first-order valence-corrected chi connectivity index (χ1v) is 19.1. The second-order valence-corrected chi connectivity index (χ2v) is 13.8. The molecule has 7 rings (SSSR count). The average molecular weight is 1060 g/mol. The quantitative estimate of drug-likeness (QED) is 0.0570. The van der Waals surface area contributed by atoms with E-state index in [2.05, 4.69) is 0 Å². The number of hydrogen-bond acceptors (Lipinski definition) is 14. The van der Waals surface area contributed by atoms with E-state index < -0.39 is 0 Å². The molecule has 7 nitrogen and oxygen atoms in total. The Morgan fingerprint density at radius 1 is 0.193 bits per heavy atom. The molecule has 0 saturated carbocycles. The summed E-state index contributed by atoms with van der Waals surface area (Å²) in [6.45, 7) is 0. The number of benzene rings is 7. The van der Waals surface area contributed by atoms with Crippen molar-refractivity contribution < 1.29 is 20.4 Å². The molecule has 0 unspecified atom stereocenters. The number of para-hydroxylation sites is 7. The minimum Gasteiger partial charge on any atom is -0.778 e. The van der Waals surface area contributed by atoms with E-state index in [1.165, 1.54) is 0 Å². The van der Waals surface area contributed by atoms with Gasteiger partial charge in [0, 0.05) is 39.8 Å². The van der Waals surface area contributed by atoms with Crippen molar-refractivity contribution in [2.24, 2.45) is 0 Å². The van der Waals surface area contributed by atoms with Gasteiger partial charge in [-0.3, -0.25) is 0 Å². The second-order valence-electron chi connectivity index (χ2n) is 10.8. The van der Waals surface area contributed by atoms with Crippen molar-refractivity contribution >= 4 is 128 Å². The molecule has 0 aliphatic carbocycles. The standard InChI is InChI=1S/7C6H7NS.Re/c7*7-5-3-1-2-4-6(5)8;/h7*1-4,8H,7H2;/q;;;;;;;+7/p-7. The van der Waals surface area contributed by atoms with Crippen LogP contribution in [-0.4, -0.2) is 0 Å². The molecule has 0 heterocycles. The summed E-state index contributed by atoms with van der Waals surface area (Å²) >= 11 is 33.8. The van der Waals surface area contributed by atoms with Crippen LogP contribution in [0.5, 0.6) is 0 Å². The topological polar surface area (TPSA) is 182 Å². The van der Waals surface area contributed by atoms with Gasteiger partial charge >= 0.3 is 20.4 Å². The van der Waals surface area contributed by atoms with Gasteiger partial charge in [-0.1, -0.05) is 127 Å². The van der Waals surface area contributed by atoms with E-state index in [1.807, 2.05) is 127 Å². The molecule has 0 aliphatic rings. The van der Waals surface area contributed by atoms with Crippen LogP contribution in [0.3, 0.4) is 0 Å². The van der Waals surface area contributed by atoms with Gasteiger partial charge in [-0.25, -0.2) is 0 Å². The van der Waals surface area contributed by atoms with E-state index in [9.17, 15) is 0 Å². The van der Waals surface area contributed by atoms with E-state index >= 15 is 0 Å². The van der Waals surface area contributed by atoms with E-state index in [0.717, 1.165) is 34.3 Å². The van der Waals surface area contributed by atoms with Gasteiger partial charge in [-0.15, -0.1) is 0 Å². The van der Waals surface area contributed by atoms with Gasteiger partial charge < -0.3 is 129 Å². The molecule has 0 aromatic heterocycles.